The Kier molecular flexibility index (Phi) is 4.74. The van der Waals surface area contributed by atoms with Crippen LogP contribution in [0.15, 0.2) is 24.4 Å². The van der Waals surface area contributed by atoms with Crippen LogP contribution in [0.1, 0.15) is 26.7 Å². The molecular weight excluding hydrogens is 313 g/mol. The summed E-state index contributed by atoms with van der Waals surface area (Å²) < 4.78 is 14.9. The first kappa shape index (κ1) is 16.5. The molecule has 0 spiro atoms. The Hall–Kier alpha value is -1.39. The van der Waals surface area contributed by atoms with Gasteiger partial charge in [-0.15, -0.1) is 0 Å². The normalized spacial score (nSPS) is 17.1. The van der Waals surface area contributed by atoms with E-state index in [-0.39, 0.29) is 5.82 Å². The van der Waals surface area contributed by atoms with Crippen LogP contribution in [0.25, 0.3) is 10.9 Å². The van der Waals surface area contributed by atoms with E-state index >= 15 is 0 Å². The number of anilines is 1. The number of hydrogen-bond acceptors (Lipinski definition) is 3. The third-order valence-electron chi connectivity index (χ3n) is 4.93. The molecule has 3 rings (SSSR count). The molecule has 5 heteroatoms. The van der Waals surface area contributed by atoms with Crippen molar-refractivity contribution in [3.63, 3.8) is 0 Å². The number of benzene rings is 1. The number of nitrogens with zero attached hydrogens (tertiary/aromatic N) is 3. The van der Waals surface area contributed by atoms with Gasteiger partial charge >= 0.3 is 0 Å². The van der Waals surface area contributed by atoms with Crippen LogP contribution >= 0.6 is 11.6 Å². The lowest BCUT2D eigenvalue weighted by molar-refractivity contribution is 0.171. The fourth-order valence-corrected chi connectivity index (χ4v) is 3.61. The highest BCUT2D eigenvalue weighted by atomic mass is 35.5. The summed E-state index contributed by atoms with van der Waals surface area (Å²) in [7, 11) is 1.98. The average Bonchev–Trinajstić information content (AvgIpc) is 2.55. The van der Waals surface area contributed by atoms with Crippen LogP contribution in [-0.2, 0) is 0 Å². The maximum atomic E-state index is 14.9. The molecule has 0 radical (unpaired) electrons. The largest absolute Gasteiger partial charge is 0.369 e. The van der Waals surface area contributed by atoms with Crippen molar-refractivity contribution in [2.24, 2.45) is 0 Å². The topological polar surface area (TPSA) is 19.4 Å². The number of fused-ring (bicyclic) bond motifs is 1. The van der Waals surface area contributed by atoms with E-state index in [4.69, 9.17) is 11.6 Å². The van der Waals surface area contributed by atoms with Gasteiger partial charge < -0.3 is 9.80 Å². The van der Waals surface area contributed by atoms with Gasteiger partial charge in [0, 0.05) is 43.8 Å². The van der Waals surface area contributed by atoms with Gasteiger partial charge in [0.1, 0.15) is 5.52 Å². The third kappa shape index (κ3) is 3.15. The van der Waals surface area contributed by atoms with Crippen molar-refractivity contribution in [3.05, 3.63) is 35.2 Å². The van der Waals surface area contributed by atoms with Crippen LogP contribution in [-0.4, -0.2) is 42.1 Å². The molecule has 1 fully saturated rings. The molecule has 1 aliphatic rings. The molecule has 0 bridgehead atoms. The Morgan fingerprint density at radius 2 is 1.96 bits per heavy atom. The minimum absolute atomic E-state index is 0.279. The Morgan fingerprint density at radius 1 is 1.26 bits per heavy atom. The van der Waals surface area contributed by atoms with E-state index in [1.807, 2.05) is 19.2 Å². The maximum Gasteiger partial charge on any atom is 0.172 e. The molecule has 0 N–H and O–H groups in total. The molecule has 1 aromatic carbocycles. The summed E-state index contributed by atoms with van der Waals surface area (Å²) in [5.74, 6) is -0.279. The van der Waals surface area contributed by atoms with E-state index in [2.05, 4.69) is 28.6 Å². The number of piperidine rings is 1. The molecule has 1 aliphatic heterocycles. The summed E-state index contributed by atoms with van der Waals surface area (Å²) >= 11 is 6.13. The van der Waals surface area contributed by atoms with Crippen LogP contribution in [0.3, 0.4) is 0 Å². The Balaban J connectivity index is 1.84. The molecule has 0 saturated carbocycles. The van der Waals surface area contributed by atoms with Crippen molar-refractivity contribution in [1.29, 1.82) is 0 Å². The lowest BCUT2D eigenvalue weighted by atomic mass is 10.0. The second-order valence-corrected chi connectivity index (χ2v) is 6.97. The maximum absolute atomic E-state index is 14.9. The number of halogens is 2. The van der Waals surface area contributed by atoms with E-state index in [0.717, 1.165) is 25.9 Å². The highest BCUT2D eigenvalue weighted by molar-refractivity contribution is 6.35. The molecule has 2 aromatic rings. The van der Waals surface area contributed by atoms with Crippen molar-refractivity contribution in [2.45, 2.75) is 38.8 Å². The van der Waals surface area contributed by atoms with Crippen LogP contribution < -0.4 is 4.90 Å². The Labute approximate surface area is 142 Å². The second-order valence-electron chi connectivity index (χ2n) is 6.56. The minimum atomic E-state index is -0.279. The van der Waals surface area contributed by atoms with Crippen LogP contribution in [0.4, 0.5) is 10.1 Å². The summed E-state index contributed by atoms with van der Waals surface area (Å²) in [4.78, 5) is 8.71. The fraction of sp³-hybridized carbons (Fsp3) is 0.500. The second kappa shape index (κ2) is 6.62. The predicted octanol–water partition coefficient (Wildman–Crippen LogP) is 4.34. The summed E-state index contributed by atoms with van der Waals surface area (Å²) in [6, 6.07) is 6.30. The number of aromatic nitrogens is 1. The van der Waals surface area contributed by atoms with Crippen LogP contribution in [0.2, 0.25) is 5.02 Å². The average molecular weight is 336 g/mol. The van der Waals surface area contributed by atoms with Crippen molar-refractivity contribution < 1.29 is 4.39 Å². The number of rotatable bonds is 3. The highest BCUT2D eigenvalue weighted by Gasteiger charge is 2.25. The van der Waals surface area contributed by atoms with Gasteiger partial charge in [-0.3, -0.25) is 4.98 Å². The zero-order valence-electron chi connectivity index (χ0n) is 13.9. The molecule has 0 atom stereocenters. The monoisotopic (exact) mass is 335 g/mol. The van der Waals surface area contributed by atoms with Gasteiger partial charge in [-0.1, -0.05) is 11.6 Å². The zero-order chi connectivity index (χ0) is 16.6. The minimum Gasteiger partial charge on any atom is -0.369 e. The summed E-state index contributed by atoms with van der Waals surface area (Å²) in [5, 5.41) is 1.20. The first-order valence-electron chi connectivity index (χ1n) is 8.18. The SMILES string of the molecule is CC(C)N1CCC(N(C)c2ccc3c(Cl)ccnc3c2F)CC1. The van der Waals surface area contributed by atoms with Gasteiger partial charge in [-0.25, -0.2) is 4.39 Å². The van der Waals surface area contributed by atoms with Gasteiger partial charge in [0.2, 0.25) is 0 Å². The van der Waals surface area contributed by atoms with Crippen molar-refractivity contribution in [2.75, 3.05) is 25.0 Å². The fourth-order valence-electron chi connectivity index (χ4n) is 3.40. The zero-order valence-corrected chi connectivity index (χ0v) is 14.6. The van der Waals surface area contributed by atoms with Crippen molar-refractivity contribution >= 4 is 28.2 Å². The van der Waals surface area contributed by atoms with Gasteiger partial charge in [0.05, 0.1) is 10.7 Å². The molecule has 1 aromatic heterocycles. The standard InChI is InChI=1S/C18H23ClFN3/c1-12(2)23-10-7-13(8-11-23)22(3)16-5-4-14-15(19)6-9-21-18(14)17(16)20/h4-6,9,12-13H,7-8,10-11H2,1-3H3. The molecule has 0 aliphatic carbocycles. The van der Waals surface area contributed by atoms with E-state index in [0.29, 0.717) is 33.7 Å². The number of hydrogen-bond donors (Lipinski definition) is 0. The molecular formula is C18H23ClFN3. The summed E-state index contributed by atoms with van der Waals surface area (Å²) in [5.41, 5.74) is 0.955. The van der Waals surface area contributed by atoms with Crippen molar-refractivity contribution in [1.82, 2.24) is 9.88 Å². The molecule has 1 saturated heterocycles. The number of likely N-dealkylation sites (tertiary alicyclic amines) is 1. The number of pyridine rings is 1. The predicted molar refractivity (Wildman–Crippen MR) is 94.8 cm³/mol. The van der Waals surface area contributed by atoms with Crippen LogP contribution in [0.5, 0.6) is 0 Å². The van der Waals surface area contributed by atoms with Gasteiger partial charge in [-0.2, -0.15) is 0 Å². The molecule has 0 amide bonds. The smallest absolute Gasteiger partial charge is 0.172 e. The summed E-state index contributed by atoms with van der Waals surface area (Å²) in [6.07, 6.45) is 3.66. The van der Waals surface area contributed by atoms with E-state index in [1.165, 1.54) is 0 Å². The van der Waals surface area contributed by atoms with Gasteiger partial charge in [0.15, 0.2) is 5.82 Å². The first-order chi connectivity index (χ1) is 11.0. The van der Waals surface area contributed by atoms with Crippen LogP contribution in [0, 0.1) is 5.82 Å². The van der Waals surface area contributed by atoms with Crippen molar-refractivity contribution in [3.8, 4) is 0 Å². The molecule has 2 heterocycles. The van der Waals surface area contributed by atoms with E-state index < -0.39 is 0 Å². The molecule has 124 valence electrons. The Bertz CT molecular complexity index is 696. The quantitative estimate of drug-likeness (QED) is 0.832. The summed E-state index contributed by atoms with van der Waals surface area (Å²) in [6.45, 7) is 6.57. The third-order valence-corrected chi connectivity index (χ3v) is 5.26. The molecule has 0 unspecified atom stereocenters. The molecule has 23 heavy (non-hydrogen) atoms. The van der Waals surface area contributed by atoms with Gasteiger partial charge in [-0.05, 0) is 44.9 Å². The molecule has 3 nitrogen and oxygen atoms in total. The Morgan fingerprint density at radius 3 is 2.61 bits per heavy atom. The highest BCUT2D eigenvalue weighted by Crippen LogP contribution is 2.31. The lowest BCUT2D eigenvalue weighted by Gasteiger charge is -2.39. The van der Waals surface area contributed by atoms with Gasteiger partial charge in [0.25, 0.3) is 0 Å². The van der Waals surface area contributed by atoms with E-state index in [1.54, 1.807) is 12.3 Å². The first-order valence-corrected chi connectivity index (χ1v) is 8.56. The van der Waals surface area contributed by atoms with E-state index in [9.17, 15) is 4.39 Å². The lowest BCUT2D eigenvalue weighted by Crippen LogP contribution is -2.46.